The van der Waals surface area contributed by atoms with Gasteiger partial charge in [0.05, 0.1) is 17.7 Å². The Balaban J connectivity index is 1.89. The summed E-state index contributed by atoms with van der Waals surface area (Å²) in [6, 6.07) is 16.3. The standard InChI is InChI=1S/C28H31F3N2O4/c1-19(15-16-37-2)33-22(10-6-9-20-7-4-3-5-8-20)12-14-25(33)27(36)32-24-17-21(18-26(34)35)11-13-23(24)28(29,30)31/h3-5,7-8,11-14,17,19H,6,9-10,15-16,18H2,1-2H3,(H,32,36)(H,34,35). The predicted molar refractivity (Wildman–Crippen MR) is 135 cm³/mol. The fraction of sp³-hybridized carbons (Fsp3) is 0.357. The van der Waals surface area contributed by atoms with Gasteiger partial charge in [-0.1, -0.05) is 36.4 Å². The van der Waals surface area contributed by atoms with Gasteiger partial charge in [0, 0.05) is 25.5 Å². The van der Waals surface area contributed by atoms with E-state index in [1.807, 2.05) is 35.8 Å². The molecule has 0 radical (unpaired) electrons. The lowest BCUT2D eigenvalue weighted by atomic mass is 10.1. The third kappa shape index (κ3) is 7.69. The number of halogens is 3. The molecule has 37 heavy (non-hydrogen) atoms. The van der Waals surface area contributed by atoms with Gasteiger partial charge in [0.25, 0.3) is 5.91 Å². The van der Waals surface area contributed by atoms with E-state index in [4.69, 9.17) is 9.84 Å². The highest BCUT2D eigenvalue weighted by atomic mass is 19.4. The van der Waals surface area contributed by atoms with Crippen LogP contribution in [0, 0.1) is 0 Å². The number of hydrogen-bond acceptors (Lipinski definition) is 3. The van der Waals surface area contributed by atoms with Crippen LogP contribution in [-0.2, 0) is 35.0 Å². The monoisotopic (exact) mass is 516 g/mol. The summed E-state index contributed by atoms with van der Waals surface area (Å²) in [7, 11) is 1.58. The van der Waals surface area contributed by atoms with Crippen molar-refractivity contribution in [3.8, 4) is 0 Å². The first-order valence-electron chi connectivity index (χ1n) is 12.1. The Hall–Kier alpha value is -3.59. The number of carbonyl (C=O) groups is 2. The zero-order valence-electron chi connectivity index (χ0n) is 20.8. The van der Waals surface area contributed by atoms with Crippen molar-refractivity contribution in [2.24, 2.45) is 0 Å². The molecule has 198 valence electrons. The van der Waals surface area contributed by atoms with Crippen LogP contribution in [0.3, 0.4) is 0 Å². The molecule has 0 aliphatic rings. The Bertz CT molecular complexity index is 1210. The van der Waals surface area contributed by atoms with Crippen molar-refractivity contribution in [3.63, 3.8) is 0 Å². The number of alkyl halides is 3. The summed E-state index contributed by atoms with van der Waals surface area (Å²) in [4.78, 5) is 24.4. The fourth-order valence-electron chi connectivity index (χ4n) is 4.35. The third-order valence-corrected chi connectivity index (χ3v) is 6.15. The van der Waals surface area contributed by atoms with E-state index in [1.165, 1.54) is 5.56 Å². The SMILES string of the molecule is COCCC(C)n1c(CCCc2ccccc2)ccc1C(=O)Nc1cc(CC(=O)O)ccc1C(F)(F)F. The number of carboxylic acids is 1. The van der Waals surface area contributed by atoms with Gasteiger partial charge in [-0.25, -0.2) is 0 Å². The van der Waals surface area contributed by atoms with Crippen LogP contribution in [0.5, 0.6) is 0 Å². The maximum Gasteiger partial charge on any atom is 0.418 e. The first kappa shape index (κ1) is 28.0. The van der Waals surface area contributed by atoms with E-state index in [9.17, 15) is 22.8 Å². The highest BCUT2D eigenvalue weighted by molar-refractivity contribution is 6.04. The Morgan fingerprint density at radius 1 is 1.03 bits per heavy atom. The second-order valence-electron chi connectivity index (χ2n) is 8.95. The van der Waals surface area contributed by atoms with E-state index >= 15 is 0 Å². The number of benzene rings is 2. The normalized spacial score (nSPS) is 12.4. The summed E-state index contributed by atoms with van der Waals surface area (Å²) in [6.07, 6.45) is -2.20. The number of nitrogens with zero attached hydrogens (tertiary/aromatic N) is 1. The molecule has 0 aliphatic heterocycles. The van der Waals surface area contributed by atoms with Crippen molar-refractivity contribution in [3.05, 3.63) is 88.7 Å². The molecule has 3 aromatic rings. The zero-order chi connectivity index (χ0) is 27.0. The first-order valence-corrected chi connectivity index (χ1v) is 12.1. The minimum atomic E-state index is -4.72. The van der Waals surface area contributed by atoms with Crippen LogP contribution in [0.4, 0.5) is 18.9 Å². The Labute approximate surface area is 214 Å². The van der Waals surface area contributed by atoms with Gasteiger partial charge in [0.15, 0.2) is 0 Å². The molecular weight excluding hydrogens is 485 g/mol. The Morgan fingerprint density at radius 3 is 2.41 bits per heavy atom. The van der Waals surface area contributed by atoms with Crippen LogP contribution >= 0.6 is 0 Å². The van der Waals surface area contributed by atoms with Crippen LogP contribution in [0.2, 0.25) is 0 Å². The van der Waals surface area contributed by atoms with Crippen molar-refractivity contribution >= 4 is 17.6 Å². The van der Waals surface area contributed by atoms with Gasteiger partial charge in [-0.2, -0.15) is 13.2 Å². The van der Waals surface area contributed by atoms with Gasteiger partial charge in [0.1, 0.15) is 5.69 Å². The smallest absolute Gasteiger partial charge is 0.418 e. The molecule has 6 nitrogen and oxygen atoms in total. The van der Waals surface area contributed by atoms with Gasteiger partial charge in [-0.3, -0.25) is 9.59 Å². The van der Waals surface area contributed by atoms with E-state index < -0.39 is 35.7 Å². The highest BCUT2D eigenvalue weighted by Crippen LogP contribution is 2.36. The molecule has 0 saturated carbocycles. The number of carboxylic acid groups (broad SMARTS) is 1. The maximum atomic E-state index is 13.6. The number of anilines is 1. The summed E-state index contributed by atoms with van der Waals surface area (Å²) in [6.45, 7) is 2.39. The molecule has 1 amide bonds. The number of aromatic nitrogens is 1. The highest BCUT2D eigenvalue weighted by Gasteiger charge is 2.34. The van der Waals surface area contributed by atoms with E-state index in [0.29, 0.717) is 19.4 Å². The van der Waals surface area contributed by atoms with Gasteiger partial charge in [-0.05, 0) is 68.0 Å². The average molecular weight is 517 g/mol. The van der Waals surface area contributed by atoms with Crippen molar-refractivity contribution in [2.75, 3.05) is 19.0 Å². The molecule has 2 aromatic carbocycles. The number of ether oxygens (including phenoxy) is 1. The first-order chi connectivity index (χ1) is 17.6. The molecule has 3 rings (SSSR count). The molecule has 1 unspecified atom stereocenters. The van der Waals surface area contributed by atoms with Gasteiger partial charge in [-0.15, -0.1) is 0 Å². The molecule has 1 aromatic heterocycles. The van der Waals surface area contributed by atoms with Crippen LogP contribution < -0.4 is 5.32 Å². The number of hydrogen-bond donors (Lipinski definition) is 2. The molecule has 1 heterocycles. The van der Waals surface area contributed by atoms with Crippen LogP contribution in [0.15, 0.2) is 60.7 Å². The number of methoxy groups -OCH3 is 1. The molecule has 0 saturated heterocycles. The van der Waals surface area contributed by atoms with E-state index in [-0.39, 0.29) is 17.3 Å². The summed E-state index contributed by atoms with van der Waals surface area (Å²) in [5.41, 5.74) is 0.978. The largest absolute Gasteiger partial charge is 0.481 e. The van der Waals surface area contributed by atoms with Gasteiger partial charge < -0.3 is 19.7 Å². The van der Waals surface area contributed by atoms with Gasteiger partial charge in [0.2, 0.25) is 0 Å². The van der Waals surface area contributed by atoms with Crippen LogP contribution in [0.1, 0.15) is 58.7 Å². The summed E-state index contributed by atoms with van der Waals surface area (Å²) in [5, 5.41) is 11.4. The van der Waals surface area contributed by atoms with Crippen LogP contribution in [0.25, 0.3) is 0 Å². The average Bonchev–Trinajstić information content (AvgIpc) is 3.26. The molecule has 1 atom stereocenters. The fourth-order valence-corrected chi connectivity index (χ4v) is 4.35. The lowest BCUT2D eigenvalue weighted by Crippen LogP contribution is -2.23. The van der Waals surface area contributed by atoms with Crippen molar-refractivity contribution in [2.45, 2.75) is 51.2 Å². The topological polar surface area (TPSA) is 80.6 Å². The second kappa shape index (κ2) is 12.6. The van der Waals surface area contributed by atoms with E-state index in [2.05, 4.69) is 17.4 Å². The van der Waals surface area contributed by atoms with E-state index in [1.54, 1.807) is 13.2 Å². The maximum absolute atomic E-state index is 13.6. The van der Waals surface area contributed by atoms with Crippen molar-refractivity contribution < 1.29 is 32.6 Å². The van der Waals surface area contributed by atoms with Crippen molar-refractivity contribution in [1.82, 2.24) is 4.57 Å². The van der Waals surface area contributed by atoms with E-state index in [0.717, 1.165) is 36.7 Å². The number of amides is 1. The summed E-state index contributed by atoms with van der Waals surface area (Å²) >= 11 is 0. The molecular formula is C28H31F3N2O4. The van der Waals surface area contributed by atoms with Crippen LogP contribution in [-0.4, -0.2) is 35.3 Å². The number of aliphatic carboxylic acids is 1. The summed E-state index contributed by atoms with van der Waals surface area (Å²) in [5.74, 6) is -1.88. The Kier molecular flexibility index (Phi) is 9.52. The zero-order valence-corrected chi connectivity index (χ0v) is 20.8. The number of carbonyl (C=O) groups excluding carboxylic acids is 1. The number of aryl methyl sites for hydroxylation is 2. The minimum absolute atomic E-state index is 0.136. The molecule has 0 bridgehead atoms. The molecule has 9 heteroatoms. The lowest BCUT2D eigenvalue weighted by molar-refractivity contribution is -0.137. The molecule has 2 N–H and O–H groups in total. The minimum Gasteiger partial charge on any atom is -0.481 e. The quantitative estimate of drug-likeness (QED) is 0.302. The second-order valence-corrected chi connectivity index (χ2v) is 8.95. The molecule has 0 aliphatic carbocycles. The molecule has 0 fully saturated rings. The third-order valence-electron chi connectivity index (χ3n) is 6.15. The predicted octanol–water partition coefficient (Wildman–Crippen LogP) is 6.16. The Morgan fingerprint density at radius 2 is 1.76 bits per heavy atom. The lowest BCUT2D eigenvalue weighted by Gasteiger charge is -2.21. The van der Waals surface area contributed by atoms with Gasteiger partial charge >= 0.3 is 12.1 Å². The number of rotatable bonds is 12. The van der Waals surface area contributed by atoms with Crippen molar-refractivity contribution in [1.29, 1.82) is 0 Å². The summed E-state index contributed by atoms with van der Waals surface area (Å²) < 4.78 is 48.0. The molecule has 0 spiro atoms. The number of nitrogens with one attached hydrogen (secondary N) is 1.